The lowest BCUT2D eigenvalue weighted by atomic mass is 10.1. The summed E-state index contributed by atoms with van der Waals surface area (Å²) in [6.45, 7) is 3.82. The van der Waals surface area contributed by atoms with E-state index < -0.39 is 0 Å². The van der Waals surface area contributed by atoms with E-state index in [9.17, 15) is 9.59 Å². The van der Waals surface area contributed by atoms with Crippen molar-refractivity contribution in [2.24, 2.45) is 0 Å². The van der Waals surface area contributed by atoms with Gasteiger partial charge in [0.15, 0.2) is 5.82 Å². The number of nitrogens with one attached hydrogen (secondary N) is 3. The molecule has 5 rings (SSSR count). The van der Waals surface area contributed by atoms with Crippen LogP contribution in [0.1, 0.15) is 43.0 Å². The number of amides is 2. The maximum atomic E-state index is 13.2. The first-order valence-corrected chi connectivity index (χ1v) is 11.4. The molecule has 0 aliphatic heterocycles. The van der Waals surface area contributed by atoms with Crippen LogP contribution in [-0.2, 0) is 17.7 Å². The predicted octanol–water partition coefficient (Wildman–Crippen LogP) is 3.28. The summed E-state index contributed by atoms with van der Waals surface area (Å²) in [5, 5.41) is 10.8. The van der Waals surface area contributed by atoms with Gasteiger partial charge in [-0.1, -0.05) is 30.3 Å². The number of nitrogens with zero attached hydrogens (tertiary/aromatic N) is 3. The van der Waals surface area contributed by atoms with Gasteiger partial charge in [0.05, 0.1) is 12.7 Å². The largest absolute Gasteiger partial charge is 0.349 e. The lowest BCUT2D eigenvalue weighted by Crippen LogP contribution is -2.35. The van der Waals surface area contributed by atoms with Crippen molar-refractivity contribution in [3.8, 4) is 0 Å². The summed E-state index contributed by atoms with van der Waals surface area (Å²) in [6, 6.07) is 13.6. The zero-order valence-corrected chi connectivity index (χ0v) is 19.8. The minimum atomic E-state index is -0.352. The maximum absolute atomic E-state index is 13.2. The van der Waals surface area contributed by atoms with E-state index in [2.05, 4.69) is 38.3 Å². The summed E-state index contributed by atoms with van der Waals surface area (Å²) >= 11 is 0. The topological polar surface area (TPSA) is 110 Å². The normalized spacial score (nSPS) is 13.0. The molecule has 0 fully saturated rings. The van der Waals surface area contributed by atoms with E-state index in [1.165, 1.54) is 24.6 Å². The van der Waals surface area contributed by atoms with Gasteiger partial charge in [-0.15, -0.1) is 0 Å². The van der Waals surface area contributed by atoms with Crippen molar-refractivity contribution in [2.45, 2.75) is 32.7 Å². The van der Waals surface area contributed by atoms with E-state index >= 15 is 0 Å². The summed E-state index contributed by atoms with van der Waals surface area (Å²) < 4.78 is 1.65. The van der Waals surface area contributed by atoms with Crippen LogP contribution in [0.25, 0.3) is 5.52 Å². The molecule has 2 aromatic heterocycles. The van der Waals surface area contributed by atoms with Crippen molar-refractivity contribution < 1.29 is 14.4 Å². The molecular formula is C26H26N6O3. The highest BCUT2D eigenvalue weighted by atomic mass is 16.6. The molecule has 9 heteroatoms. The fourth-order valence-electron chi connectivity index (χ4n) is 4.58. The highest BCUT2D eigenvalue weighted by Gasteiger charge is 2.25. The summed E-state index contributed by atoms with van der Waals surface area (Å²) in [4.78, 5) is 34.5. The SMILES string of the molecule is CONC(=O)c1ccc(C)c(Nc2ncnn3cc(C(=O)NC4Cc5ccccc5C4)c(C)c23)c1. The van der Waals surface area contributed by atoms with E-state index in [1.807, 2.05) is 32.0 Å². The maximum Gasteiger partial charge on any atom is 0.274 e. The van der Waals surface area contributed by atoms with E-state index in [4.69, 9.17) is 4.84 Å². The number of hydrogen-bond donors (Lipinski definition) is 3. The lowest BCUT2D eigenvalue weighted by Gasteiger charge is -2.13. The second-order valence-corrected chi connectivity index (χ2v) is 8.71. The van der Waals surface area contributed by atoms with Crippen LogP contribution in [0, 0.1) is 13.8 Å². The first kappa shape index (κ1) is 22.5. The van der Waals surface area contributed by atoms with E-state index in [0.717, 1.165) is 24.0 Å². The number of hydrogen-bond acceptors (Lipinski definition) is 6. The molecule has 0 atom stereocenters. The molecule has 0 radical (unpaired) electrons. The zero-order valence-electron chi connectivity index (χ0n) is 19.8. The van der Waals surface area contributed by atoms with Crippen LogP contribution >= 0.6 is 0 Å². The number of anilines is 2. The van der Waals surface area contributed by atoms with Gasteiger partial charge in [-0.25, -0.2) is 15.0 Å². The molecule has 0 bridgehead atoms. The number of aromatic nitrogens is 3. The highest BCUT2D eigenvalue weighted by molar-refractivity contribution is 5.99. The van der Waals surface area contributed by atoms with Crippen molar-refractivity contribution in [1.82, 2.24) is 25.4 Å². The number of benzene rings is 2. The molecule has 0 unspecified atom stereocenters. The van der Waals surface area contributed by atoms with E-state index in [-0.39, 0.29) is 17.9 Å². The zero-order chi connectivity index (χ0) is 24.5. The summed E-state index contributed by atoms with van der Waals surface area (Å²) in [5.41, 5.74) is 8.98. The highest BCUT2D eigenvalue weighted by Crippen LogP contribution is 2.28. The molecular weight excluding hydrogens is 444 g/mol. The van der Waals surface area contributed by atoms with Crippen LogP contribution in [0.3, 0.4) is 0 Å². The minimum Gasteiger partial charge on any atom is -0.349 e. The molecule has 2 amide bonds. The monoisotopic (exact) mass is 470 g/mol. The number of carbonyl (C=O) groups is 2. The molecule has 0 saturated carbocycles. The second kappa shape index (κ2) is 9.19. The standard InChI is InChI=1S/C26H26N6O3/c1-15-8-9-19(25(33)31-35-3)12-22(15)30-24-23-16(2)21(13-32(23)28-14-27-24)26(34)29-20-10-17-6-4-5-7-18(17)11-20/h4-9,12-14,20H,10-11H2,1-3H3,(H,29,34)(H,31,33)(H,27,28,30). The summed E-state index contributed by atoms with van der Waals surface area (Å²) in [7, 11) is 1.39. The minimum absolute atomic E-state index is 0.0645. The van der Waals surface area contributed by atoms with Crippen LogP contribution < -0.4 is 16.1 Å². The van der Waals surface area contributed by atoms with E-state index in [1.54, 1.807) is 22.8 Å². The van der Waals surface area contributed by atoms with Gasteiger partial charge < -0.3 is 10.6 Å². The van der Waals surface area contributed by atoms with Gasteiger partial charge in [0.1, 0.15) is 11.8 Å². The average Bonchev–Trinajstić information content (AvgIpc) is 3.41. The van der Waals surface area contributed by atoms with Gasteiger partial charge in [0, 0.05) is 23.5 Å². The Labute approximate surface area is 202 Å². The Bertz CT molecular complexity index is 1420. The molecule has 9 nitrogen and oxygen atoms in total. The Hall–Kier alpha value is -4.24. The van der Waals surface area contributed by atoms with Gasteiger partial charge in [-0.3, -0.25) is 14.4 Å². The number of hydroxylamine groups is 1. The van der Waals surface area contributed by atoms with Crippen molar-refractivity contribution in [2.75, 3.05) is 12.4 Å². The first-order valence-electron chi connectivity index (χ1n) is 11.4. The Balaban J connectivity index is 1.41. The van der Waals surface area contributed by atoms with E-state index in [0.29, 0.717) is 28.1 Å². The Kier molecular flexibility index (Phi) is 5.92. The van der Waals surface area contributed by atoms with Gasteiger partial charge in [-0.05, 0) is 61.1 Å². The third-order valence-electron chi connectivity index (χ3n) is 6.41. The molecule has 0 saturated heterocycles. The molecule has 178 valence electrons. The van der Waals surface area contributed by atoms with Crippen LogP contribution in [0.5, 0.6) is 0 Å². The molecule has 1 aliphatic rings. The molecule has 0 spiro atoms. The molecule has 3 N–H and O–H groups in total. The van der Waals surface area contributed by atoms with Crippen molar-refractivity contribution in [3.63, 3.8) is 0 Å². The number of rotatable bonds is 6. The Morgan fingerprint density at radius 3 is 2.51 bits per heavy atom. The van der Waals surface area contributed by atoms with Gasteiger partial charge >= 0.3 is 0 Å². The fraction of sp³-hybridized carbons (Fsp3) is 0.231. The fourth-order valence-corrected chi connectivity index (χ4v) is 4.58. The van der Waals surface area contributed by atoms with Crippen LogP contribution in [0.4, 0.5) is 11.5 Å². The van der Waals surface area contributed by atoms with Gasteiger partial charge in [0.2, 0.25) is 0 Å². The molecule has 4 aromatic rings. The first-order chi connectivity index (χ1) is 16.9. The number of aryl methyl sites for hydroxylation is 2. The molecule has 1 aliphatic carbocycles. The smallest absolute Gasteiger partial charge is 0.274 e. The van der Waals surface area contributed by atoms with Crippen LogP contribution in [0.15, 0.2) is 55.0 Å². The van der Waals surface area contributed by atoms with Gasteiger partial charge in [0.25, 0.3) is 11.8 Å². The predicted molar refractivity (Wildman–Crippen MR) is 132 cm³/mol. The molecule has 2 aromatic carbocycles. The van der Waals surface area contributed by atoms with Crippen molar-refractivity contribution in [1.29, 1.82) is 0 Å². The average molecular weight is 471 g/mol. The van der Waals surface area contributed by atoms with Gasteiger partial charge in [-0.2, -0.15) is 5.10 Å². The molecule has 2 heterocycles. The summed E-state index contributed by atoms with van der Waals surface area (Å²) in [5.74, 6) is 0.0543. The summed E-state index contributed by atoms with van der Waals surface area (Å²) in [6.07, 6.45) is 4.81. The van der Waals surface area contributed by atoms with Crippen LogP contribution in [0.2, 0.25) is 0 Å². The quantitative estimate of drug-likeness (QED) is 0.373. The second-order valence-electron chi connectivity index (χ2n) is 8.71. The lowest BCUT2D eigenvalue weighted by molar-refractivity contribution is 0.0537. The number of fused-ring (bicyclic) bond motifs is 2. The Morgan fingerprint density at radius 2 is 1.80 bits per heavy atom. The van der Waals surface area contributed by atoms with Crippen molar-refractivity contribution >= 4 is 28.8 Å². The van der Waals surface area contributed by atoms with Crippen LogP contribution in [-0.4, -0.2) is 39.6 Å². The molecule has 35 heavy (non-hydrogen) atoms. The third kappa shape index (κ3) is 4.33. The Morgan fingerprint density at radius 1 is 1.06 bits per heavy atom. The third-order valence-corrected chi connectivity index (χ3v) is 6.41. The number of carbonyl (C=O) groups excluding carboxylic acids is 2. The van der Waals surface area contributed by atoms with Crippen molar-refractivity contribution in [3.05, 3.63) is 88.4 Å².